The fourth-order valence-electron chi connectivity index (χ4n) is 4.52. The molecule has 0 radical (unpaired) electrons. The summed E-state index contributed by atoms with van der Waals surface area (Å²) in [6, 6.07) is 22.9. The Morgan fingerprint density at radius 3 is 1.30 bits per heavy atom. The first kappa shape index (κ1) is 36.6. The minimum absolute atomic E-state index is 0.0904. The number of carbonyl (C=O) groups is 2. The van der Waals surface area contributed by atoms with Gasteiger partial charge in [-0.05, 0) is 87.1 Å². The van der Waals surface area contributed by atoms with Gasteiger partial charge in [0, 0.05) is 37.6 Å². The van der Waals surface area contributed by atoms with Crippen molar-refractivity contribution in [1.82, 2.24) is 0 Å². The van der Waals surface area contributed by atoms with Gasteiger partial charge in [0.25, 0.3) is 0 Å². The zero-order valence-corrected chi connectivity index (χ0v) is 26.6. The molecule has 10 heteroatoms. The third kappa shape index (κ3) is 12.6. The number of anilines is 2. The van der Waals surface area contributed by atoms with Crippen molar-refractivity contribution in [2.45, 2.75) is 52.4 Å². The second-order valence-corrected chi connectivity index (χ2v) is 10.2. The summed E-state index contributed by atoms with van der Waals surface area (Å²) in [4.78, 5) is 28.9. The topological polar surface area (TPSA) is 154 Å². The average Bonchev–Trinajstić information content (AvgIpc) is 3.08. The first-order chi connectivity index (χ1) is 22.4. The van der Waals surface area contributed by atoms with Crippen molar-refractivity contribution in [3.63, 3.8) is 0 Å². The van der Waals surface area contributed by atoms with Gasteiger partial charge in [0.05, 0.1) is 38.2 Å². The molecule has 0 bridgehead atoms. The molecule has 0 unspecified atom stereocenters. The molecule has 0 saturated carbocycles. The molecule has 2 aromatic rings. The van der Waals surface area contributed by atoms with Crippen LogP contribution in [0.3, 0.4) is 0 Å². The van der Waals surface area contributed by atoms with Crippen LogP contribution in [0.25, 0.3) is 12.2 Å². The standard InChI is InChI=1S/C36H40N6O4/c1-3-41(21-9-19-37)33-15-11-29(12-16-33)25-31(27-39)35(43)45-23-7-5-6-8-24-46-36(44)32(28-40)26-30-13-17-34(18-14-30)42(4-2)22-10-20-38/h11-18,25-26H,3-10,21-24H2,1-2H3/b31-25+,32-26+. The maximum atomic E-state index is 12.4. The van der Waals surface area contributed by atoms with E-state index in [0.29, 0.717) is 49.9 Å². The summed E-state index contributed by atoms with van der Waals surface area (Å²) in [5, 5.41) is 36.6. The molecule has 0 N–H and O–H groups in total. The molecule has 0 aromatic heterocycles. The molecule has 0 fully saturated rings. The lowest BCUT2D eigenvalue weighted by molar-refractivity contribution is -0.139. The van der Waals surface area contributed by atoms with Crippen LogP contribution in [0, 0.1) is 45.3 Å². The first-order valence-electron chi connectivity index (χ1n) is 15.4. The lowest BCUT2D eigenvalue weighted by Gasteiger charge is -2.21. The highest BCUT2D eigenvalue weighted by Crippen LogP contribution is 2.19. The number of rotatable bonds is 19. The number of benzene rings is 2. The van der Waals surface area contributed by atoms with Crippen LogP contribution >= 0.6 is 0 Å². The number of nitrogens with zero attached hydrogens (tertiary/aromatic N) is 6. The van der Waals surface area contributed by atoms with Crippen molar-refractivity contribution in [2.75, 3.05) is 49.2 Å². The largest absolute Gasteiger partial charge is 0.462 e. The van der Waals surface area contributed by atoms with E-state index in [1.807, 2.05) is 74.5 Å². The van der Waals surface area contributed by atoms with E-state index < -0.39 is 11.9 Å². The van der Waals surface area contributed by atoms with Crippen LogP contribution in [0.2, 0.25) is 0 Å². The van der Waals surface area contributed by atoms with Crippen LogP contribution in [-0.4, -0.2) is 51.3 Å². The predicted molar refractivity (Wildman–Crippen MR) is 177 cm³/mol. The summed E-state index contributed by atoms with van der Waals surface area (Å²) < 4.78 is 10.5. The van der Waals surface area contributed by atoms with Gasteiger partial charge in [-0.2, -0.15) is 21.0 Å². The molecular weight excluding hydrogens is 580 g/mol. The van der Waals surface area contributed by atoms with E-state index >= 15 is 0 Å². The second-order valence-electron chi connectivity index (χ2n) is 10.2. The van der Waals surface area contributed by atoms with Gasteiger partial charge in [0.1, 0.15) is 23.3 Å². The lowest BCUT2D eigenvalue weighted by Crippen LogP contribution is -2.23. The molecule has 0 spiro atoms. The van der Waals surface area contributed by atoms with Gasteiger partial charge in [-0.3, -0.25) is 0 Å². The highest BCUT2D eigenvalue weighted by Gasteiger charge is 2.13. The van der Waals surface area contributed by atoms with Gasteiger partial charge < -0.3 is 19.3 Å². The van der Waals surface area contributed by atoms with E-state index in [4.69, 9.17) is 20.0 Å². The van der Waals surface area contributed by atoms with E-state index in [1.54, 1.807) is 0 Å². The maximum absolute atomic E-state index is 12.4. The average molecular weight is 621 g/mol. The molecule has 2 aromatic carbocycles. The van der Waals surface area contributed by atoms with Crippen molar-refractivity contribution >= 4 is 35.5 Å². The highest BCUT2D eigenvalue weighted by molar-refractivity contribution is 5.98. The van der Waals surface area contributed by atoms with Crippen molar-refractivity contribution in [1.29, 1.82) is 21.0 Å². The van der Waals surface area contributed by atoms with Crippen molar-refractivity contribution < 1.29 is 19.1 Å². The number of esters is 2. The van der Waals surface area contributed by atoms with Gasteiger partial charge in [0.2, 0.25) is 0 Å². The Bertz CT molecular complexity index is 1390. The van der Waals surface area contributed by atoms with Gasteiger partial charge in [-0.15, -0.1) is 0 Å². The number of unbranched alkanes of at least 4 members (excludes halogenated alkanes) is 3. The summed E-state index contributed by atoms with van der Waals surface area (Å²) in [7, 11) is 0. The number of ether oxygens (including phenoxy) is 2. The molecule has 10 nitrogen and oxygen atoms in total. The lowest BCUT2D eigenvalue weighted by atomic mass is 10.1. The molecule has 0 heterocycles. The van der Waals surface area contributed by atoms with E-state index in [9.17, 15) is 20.1 Å². The Labute approximate surface area is 272 Å². The molecule has 0 amide bonds. The molecule has 0 saturated heterocycles. The van der Waals surface area contributed by atoms with Crippen LogP contribution in [0.15, 0.2) is 59.7 Å². The molecule has 0 aliphatic carbocycles. The highest BCUT2D eigenvalue weighted by atomic mass is 16.5. The SMILES string of the molecule is CCN(CCC#N)c1ccc(/C=C(\C#N)C(=O)OCCCCCCOC(=O)/C(C#N)=C/c2ccc(N(CC)CCC#N)cc2)cc1. The fraction of sp³-hybridized carbons (Fsp3) is 0.389. The summed E-state index contributed by atoms with van der Waals surface area (Å²) in [5.41, 5.74) is 3.13. The fourth-order valence-corrected chi connectivity index (χ4v) is 4.52. The summed E-state index contributed by atoms with van der Waals surface area (Å²) >= 11 is 0. The van der Waals surface area contributed by atoms with Gasteiger partial charge >= 0.3 is 11.9 Å². The van der Waals surface area contributed by atoms with Crippen molar-refractivity contribution in [2.24, 2.45) is 0 Å². The molecule has 0 atom stereocenters. The van der Waals surface area contributed by atoms with E-state index in [-0.39, 0.29) is 24.4 Å². The van der Waals surface area contributed by atoms with Gasteiger partial charge in [-0.1, -0.05) is 24.3 Å². The van der Waals surface area contributed by atoms with Crippen LogP contribution in [0.5, 0.6) is 0 Å². The smallest absolute Gasteiger partial charge is 0.348 e. The van der Waals surface area contributed by atoms with Crippen molar-refractivity contribution in [3.8, 4) is 24.3 Å². The summed E-state index contributed by atoms with van der Waals surface area (Å²) in [5.74, 6) is -1.37. The number of nitriles is 4. The molecule has 2 rings (SSSR count). The monoisotopic (exact) mass is 620 g/mol. The third-order valence-electron chi connectivity index (χ3n) is 7.07. The number of carbonyl (C=O) groups excluding carboxylic acids is 2. The van der Waals surface area contributed by atoms with Gasteiger partial charge in [-0.25, -0.2) is 9.59 Å². The van der Waals surface area contributed by atoms with Crippen LogP contribution in [-0.2, 0) is 19.1 Å². The maximum Gasteiger partial charge on any atom is 0.348 e. The molecule has 238 valence electrons. The minimum Gasteiger partial charge on any atom is -0.462 e. The molecule has 0 aliphatic rings. The first-order valence-corrected chi connectivity index (χ1v) is 15.4. The number of hydrogen-bond donors (Lipinski definition) is 0. The Kier molecular flexibility index (Phi) is 16.9. The summed E-state index contributed by atoms with van der Waals surface area (Å²) in [6.07, 6.45) is 6.48. The predicted octanol–water partition coefficient (Wildman–Crippen LogP) is 6.33. The van der Waals surface area contributed by atoms with Crippen LogP contribution < -0.4 is 9.80 Å². The van der Waals surface area contributed by atoms with Crippen LogP contribution in [0.1, 0.15) is 63.5 Å². The zero-order chi connectivity index (χ0) is 33.6. The third-order valence-corrected chi connectivity index (χ3v) is 7.07. The minimum atomic E-state index is -0.683. The Hall–Kier alpha value is -5.58. The molecule has 46 heavy (non-hydrogen) atoms. The Morgan fingerprint density at radius 2 is 1.00 bits per heavy atom. The Balaban J connectivity index is 1.72. The molecular formula is C36H40N6O4. The number of hydrogen-bond acceptors (Lipinski definition) is 10. The quantitative estimate of drug-likeness (QED) is 0.0753. The van der Waals surface area contributed by atoms with Crippen LogP contribution in [0.4, 0.5) is 11.4 Å². The van der Waals surface area contributed by atoms with Crippen molar-refractivity contribution in [3.05, 3.63) is 70.8 Å². The second kappa shape index (κ2) is 21.2. The normalized spacial score (nSPS) is 10.9. The van der Waals surface area contributed by atoms with Gasteiger partial charge in [0.15, 0.2) is 0 Å². The molecule has 0 aliphatic heterocycles. The Morgan fingerprint density at radius 1 is 0.630 bits per heavy atom. The van der Waals surface area contributed by atoms with E-state index in [0.717, 1.165) is 37.3 Å². The summed E-state index contributed by atoms with van der Waals surface area (Å²) in [6.45, 7) is 7.13. The zero-order valence-electron chi connectivity index (χ0n) is 26.6. The van der Waals surface area contributed by atoms with E-state index in [2.05, 4.69) is 21.9 Å². The van der Waals surface area contributed by atoms with E-state index in [1.165, 1.54) is 12.2 Å².